The monoisotopic (exact) mass is 398 g/mol. The standard InChI is InChI=1S/C16H18N2O6S2/c1-24-15-9-13(18-25(2,20)21)16(8-12(15)14(19)10-17)26(22,23)11-6-4-3-5-7-11/h3-9,18H,10,17H2,1-2H3. The number of nitrogens with one attached hydrogen (secondary N) is 1. The molecule has 0 bridgehead atoms. The summed E-state index contributed by atoms with van der Waals surface area (Å²) < 4.78 is 56.5. The fraction of sp³-hybridized carbons (Fsp3) is 0.188. The van der Waals surface area contributed by atoms with E-state index in [1.807, 2.05) is 0 Å². The number of hydrogen-bond acceptors (Lipinski definition) is 7. The van der Waals surface area contributed by atoms with Gasteiger partial charge in [0.05, 0.1) is 41.0 Å². The molecule has 0 aliphatic rings. The van der Waals surface area contributed by atoms with Gasteiger partial charge in [-0.3, -0.25) is 9.52 Å². The van der Waals surface area contributed by atoms with Crippen molar-refractivity contribution in [1.82, 2.24) is 0 Å². The summed E-state index contributed by atoms with van der Waals surface area (Å²) >= 11 is 0. The van der Waals surface area contributed by atoms with E-state index in [2.05, 4.69) is 4.72 Å². The second kappa shape index (κ2) is 7.44. The van der Waals surface area contributed by atoms with Gasteiger partial charge in [-0.25, -0.2) is 16.8 Å². The van der Waals surface area contributed by atoms with Crippen LogP contribution in [0.3, 0.4) is 0 Å². The average molecular weight is 398 g/mol. The Kier molecular flexibility index (Phi) is 5.69. The molecule has 26 heavy (non-hydrogen) atoms. The highest BCUT2D eigenvalue weighted by Gasteiger charge is 2.26. The Morgan fingerprint density at radius 2 is 1.73 bits per heavy atom. The van der Waals surface area contributed by atoms with E-state index in [1.54, 1.807) is 6.07 Å². The zero-order chi connectivity index (χ0) is 19.5. The predicted octanol–water partition coefficient (Wildman–Crippen LogP) is 1.04. The summed E-state index contributed by atoms with van der Waals surface area (Å²) in [6.45, 7) is -0.361. The second-order valence-electron chi connectivity index (χ2n) is 5.37. The summed E-state index contributed by atoms with van der Waals surface area (Å²) in [6, 6.07) is 9.68. The molecule has 0 spiro atoms. The number of hydrogen-bond donors (Lipinski definition) is 2. The summed E-state index contributed by atoms with van der Waals surface area (Å²) in [6.07, 6.45) is 0.886. The first-order valence-electron chi connectivity index (χ1n) is 7.33. The molecule has 0 aliphatic heterocycles. The Morgan fingerprint density at radius 1 is 1.12 bits per heavy atom. The van der Waals surface area contributed by atoms with E-state index in [9.17, 15) is 21.6 Å². The Hall–Kier alpha value is -2.43. The molecule has 10 heteroatoms. The van der Waals surface area contributed by atoms with Crippen molar-refractivity contribution < 1.29 is 26.4 Å². The van der Waals surface area contributed by atoms with Gasteiger partial charge in [0.2, 0.25) is 19.9 Å². The molecular weight excluding hydrogens is 380 g/mol. The van der Waals surface area contributed by atoms with Gasteiger partial charge in [-0.2, -0.15) is 0 Å². The third kappa shape index (κ3) is 4.21. The Balaban J connectivity index is 2.82. The molecule has 0 unspecified atom stereocenters. The number of methoxy groups -OCH3 is 1. The zero-order valence-electron chi connectivity index (χ0n) is 14.1. The fourth-order valence-corrected chi connectivity index (χ4v) is 4.36. The summed E-state index contributed by atoms with van der Waals surface area (Å²) in [7, 11) is -6.62. The molecule has 3 N–H and O–H groups in total. The van der Waals surface area contributed by atoms with Crippen molar-refractivity contribution >= 4 is 31.3 Å². The number of nitrogens with two attached hydrogens (primary N) is 1. The molecule has 2 aromatic rings. The van der Waals surface area contributed by atoms with E-state index in [1.165, 1.54) is 31.4 Å². The summed E-state index contributed by atoms with van der Waals surface area (Å²) in [4.78, 5) is 11.6. The maximum atomic E-state index is 13.0. The highest BCUT2D eigenvalue weighted by molar-refractivity contribution is 7.93. The minimum atomic E-state index is -4.11. The smallest absolute Gasteiger partial charge is 0.229 e. The Bertz CT molecular complexity index is 1030. The topological polar surface area (TPSA) is 133 Å². The van der Waals surface area contributed by atoms with E-state index < -0.39 is 25.6 Å². The molecule has 0 amide bonds. The quantitative estimate of drug-likeness (QED) is 0.666. The van der Waals surface area contributed by atoms with Crippen LogP contribution in [0.4, 0.5) is 5.69 Å². The molecular formula is C16H18N2O6S2. The second-order valence-corrected chi connectivity index (χ2v) is 9.03. The van der Waals surface area contributed by atoms with Gasteiger partial charge < -0.3 is 10.5 Å². The molecule has 2 rings (SSSR count). The van der Waals surface area contributed by atoms with Gasteiger partial charge in [0, 0.05) is 6.07 Å². The van der Waals surface area contributed by atoms with Gasteiger partial charge in [0.15, 0.2) is 5.78 Å². The summed E-state index contributed by atoms with van der Waals surface area (Å²) in [5.41, 5.74) is 5.10. The van der Waals surface area contributed by atoms with E-state index in [-0.39, 0.29) is 33.3 Å². The first-order chi connectivity index (χ1) is 12.1. The predicted molar refractivity (Wildman–Crippen MR) is 96.7 cm³/mol. The molecule has 2 aromatic carbocycles. The lowest BCUT2D eigenvalue weighted by atomic mass is 10.1. The van der Waals surface area contributed by atoms with Crippen molar-refractivity contribution in [2.45, 2.75) is 9.79 Å². The molecule has 0 aromatic heterocycles. The minimum Gasteiger partial charge on any atom is -0.496 e. The minimum absolute atomic E-state index is 0.0126. The van der Waals surface area contributed by atoms with E-state index in [4.69, 9.17) is 10.5 Å². The molecule has 0 aliphatic carbocycles. The number of carbonyl (C=O) groups excluding carboxylic acids is 1. The number of Topliss-reactive ketones (excluding diaryl/α,β-unsaturated/α-hetero) is 1. The van der Waals surface area contributed by atoms with Crippen molar-refractivity contribution in [1.29, 1.82) is 0 Å². The first kappa shape index (κ1) is 19.9. The average Bonchev–Trinajstić information content (AvgIpc) is 2.59. The van der Waals surface area contributed by atoms with Crippen LogP contribution >= 0.6 is 0 Å². The number of benzene rings is 2. The van der Waals surface area contributed by atoms with Gasteiger partial charge in [-0.05, 0) is 18.2 Å². The highest BCUT2D eigenvalue weighted by atomic mass is 32.2. The summed E-state index contributed by atoms with van der Waals surface area (Å²) in [5.74, 6) is -0.532. The number of sulfone groups is 1. The fourth-order valence-electron chi connectivity index (χ4n) is 2.29. The van der Waals surface area contributed by atoms with Crippen molar-refractivity contribution in [3.63, 3.8) is 0 Å². The van der Waals surface area contributed by atoms with Crippen LogP contribution in [0, 0.1) is 0 Å². The van der Waals surface area contributed by atoms with Crippen molar-refractivity contribution in [3.05, 3.63) is 48.0 Å². The number of carbonyl (C=O) groups is 1. The van der Waals surface area contributed by atoms with Crippen LogP contribution < -0.4 is 15.2 Å². The van der Waals surface area contributed by atoms with Crippen LogP contribution in [-0.2, 0) is 19.9 Å². The highest BCUT2D eigenvalue weighted by Crippen LogP contribution is 2.34. The number of ketones is 1. The van der Waals surface area contributed by atoms with Gasteiger partial charge in [-0.1, -0.05) is 18.2 Å². The van der Waals surface area contributed by atoms with E-state index >= 15 is 0 Å². The lowest BCUT2D eigenvalue weighted by Crippen LogP contribution is -2.18. The largest absolute Gasteiger partial charge is 0.496 e. The molecule has 140 valence electrons. The zero-order valence-corrected chi connectivity index (χ0v) is 15.7. The molecule has 0 saturated carbocycles. The van der Waals surface area contributed by atoms with Crippen LogP contribution in [0.1, 0.15) is 10.4 Å². The van der Waals surface area contributed by atoms with E-state index in [0.29, 0.717) is 0 Å². The number of sulfonamides is 1. The SMILES string of the molecule is COc1cc(NS(C)(=O)=O)c(S(=O)(=O)c2ccccc2)cc1C(=O)CN. The molecule has 0 atom stereocenters. The van der Waals surface area contributed by atoms with Gasteiger partial charge in [-0.15, -0.1) is 0 Å². The van der Waals surface area contributed by atoms with Crippen molar-refractivity contribution in [3.8, 4) is 5.75 Å². The first-order valence-corrected chi connectivity index (χ1v) is 10.7. The van der Waals surface area contributed by atoms with Crippen LogP contribution in [0.5, 0.6) is 5.75 Å². The normalized spacial score (nSPS) is 11.8. The Morgan fingerprint density at radius 3 is 2.23 bits per heavy atom. The lowest BCUT2D eigenvalue weighted by Gasteiger charge is -2.16. The van der Waals surface area contributed by atoms with Crippen molar-refractivity contribution in [2.75, 3.05) is 24.6 Å². The van der Waals surface area contributed by atoms with Gasteiger partial charge in [0.25, 0.3) is 0 Å². The summed E-state index contributed by atoms with van der Waals surface area (Å²) in [5, 5.41) is 0. The van der Waals surface area contributed by atoms with E-state index in [0.717, 1.165) is 18.4 Å². The van der Waals surface area contributed by atoms with Crippen LogP contribution in [0.15, 0.2) is 52.3 Å². The van der Waals surface area contributed by atoms with Crippen LogP contribution in [-0.4, -0.2) is 42.5 Å². The molecule has 0 saturated heterocycles. The number of ether oxygens (including phenoxy) is 1. The lowest BCUT2D eigenvalue weighted by molar-refractivity contribution is 0.0998. The maximum Gasteiger partial charge on any atom is 0.229 e. The van der Waals surface area contributed by atoms with Crippen molar-refractivity contribution in [2.24, 2.45) is 5.73 Å². The molecule has 8 nitrogen and oxygen atoms in total. The maximum absolute atomic E-state index is 13.0. The van der Waals surface area contributed by atoms with Crippen LogP contribution in [0.2, 0.25) is 0 Å². The number of rotatable bonds is 7. The number of anilines is 1. The van der Waals surface area contributed by atoms with Crippen LogP contribution in [0.25, 0.3) is 0 Å². The third-order valence-electron chi connectivity index (χ3n) is 3.43. The van der Waals surface area contributed by atoms with Gasteiger partial charge in [0.1, 0.15) is 5.75 Å². The third-order valence-corrected chi connectivity index (χ3v) is 5.83. The molecule has 0 heterocycles. The van der Waals surface area contributed by atoms with Gasteiger partial charge >= 0.3 is 0 Å². The Labute approximate surface area is 151 Å². The molecule has 0 radical (unpaired) electrons. The molecule has 0 fully saturated rings.